The highest BCUT2D eigenvalue weighted by atomic mass is 16.6. The van der Waals surface area contributed by atoms with Crippen LogP contribution < -0.4 is 0 Å². The van der Waals surface area contributed by atoms with E-state index >= 15 is 0 Å². The molecule has 2 rings (SSSR count). The fraction of sp³-hybridized carbons (Fsp3) is 0.591. The summed E-state index contributed by atoms with van der Waals surface area (Å²) in [4.78, 5) is 12.0. The van der Waals surface area contributed by atoms with Crippen LogP contribution in [0.1, 0.15) is 53.9 Å². The van der Waals surface area contributed by atoms with Crippen LogP contribution in [-0.2, 0) is 14.3 Å². The van der Waals surface area contributed by atoms with Crippen LogP contribution >= 0.6 is 0 Å². The van der Waals surface area contributed by atoms with Gasteiger partial charge in [-0.15, -0.1) is 0 Å². The molecule has 0 amide bonds. The minimum absolute atomic E-state index is 0.0446. The smallest absolute Gasteiger partial charge is 0.344 e. The third-order valence-corrected chi connectivity index (χ3v) is 5.27. The van der Waals surface area contributed by atoms with Gasteiger partial charge in [0.2, 0.25) is 0 Å². The maximum atomic E-state index is 12.0. The van der Waals surface area contributed by atoms with Gasteiger partial charge < -0.3 is 9.47 Å². The van der Waals surface area contributed by atoms with E-state index in [-0.39, 0.29) is 24.1 Å². The van der Waals surface area contributed by atoms with Crippen molar-refractivity contribution < 1.29 is 14.3 Å². The summed E-state index contributed by atoms with van der Waals surface area (Å²) in [6.45, 7) is 11.0. The number of carbonyl (C=O) groups excluding carboxylic acids is 1. The number of esters is 1. The third kappa shape index (κ3) is 5.91. The number of hydrogen-bond acceptors (Lipinski definition) is 3. The molecule has 0 aliphatic heterocycles. The van der Waals surface area contributed by atoms with Gasteiger partial charge in [0.05, 0.1) is 0 Å². The minimum Gasteiger partial charge on any atom is -0.482 e. The van der Waals surface area contributed by atoms with Gasteiger partial charge in [-0.05, 0) is 61.2 Å². The van der Waals surface area contributed by atoms with Gasteiger partial charge in [0, 0.05) is 0 Å². The molecule has 2 aliphatic carbocycles. The summed E-state index contributed by atoms with van der Waals surface area (Å²) in [7, 11) is 0. The zero-order valence-corrected chi connectivity index (χ0v) is 16.2. The molecule has 3 atom stereocenters. The van der Waals surface area contributed by atoms with Gasteiger partial charge >= 0.3 is 5.97 Å². The van der Waals surface area contributed by atoms with E-state index in [1.165, 1.54) is 0 Å². The maximum absolute atomic E-state index is 12.0. The fourth-order valence-corrected chi connectivity index (χ4v) is 3.11. The molecule has 0 saturated carbocycles. The first-order valence-electron chi connectivity index (χ1n) is 9.34. The quantitative estimate of drug-likeness (QED) is 0.609. The summed E-state index contributed by atoms with van der Waals surface area (Å²) in [5, 5.41) is 0. The molecule has 0 saturated heterocycles. The van der Waals surface area contributed by atoms with Gasteiger partial charge in [0.25, 0.3) is 0 Å². The number of hydrogen-bond donors (Lipinski definition) is 0. The Kier molecular flexibility index (Phi) is 6.69. The standard InChI is InChI=1S/C22H32O3/c1-16(22(3,4)5)18-11-13-20(14-12-18)24-15-21(23)25-17(2)19-9-7-6-8-10-19/h7,9-11,13-14,16-18H,6,8,12,15H2,1-5H3. The summed E-state index contributed by atoms with van der Waals surface area (Å²) in [6, 6.07) is 0. The van der Waals surface area contributed by atoms with E-state index in [1.54, 1.807) is 0 Å². The van der Waals surface area contributed by atoms with Crippen molar-refractivity contribution in [1.29, 1.82) is 0 Å². The lowest BCUT2D eigenvalue weighted by atomic mass is 9.72. The van der Waals surface area contributed by atoms with Crippen molar-refractivity contribution in [3.05, 3.63) is 47.8 Å². The van der Waals surface area contributed by atoms with E-state index in [2.05, 4.69) is 52.0 Å². The van der Waals surface area contributed by atoms with Crippen molar-refractivity contribution in [3.8, 4) is 0 Å². The minimum atomic E-state index is -0.327. The lowest BCUT2D eigenvalue weighted by molar-refractivity contribution is -0.150. The van der Waals surface area contributed by atoms with Crippen molar-refractivity contribution in [1.82, 2.24) is 0 Å². The van der Waals surface area contributed by atoms with Crippen molar-refractivity contribution in [2.24, 2.45) is 17.3 Å². The predicted octanol–water partition coefficient (Wildman–Crippen LogP) is 5.35. The largest absolute Gasteiger partial charge is 0.482 e. The Balaban J connectivity index is 1.76. The molecule has 0 radical (unpaired) electrons. The first kappa shape index (κ1) is 19.6. The number of rotatable bonds is 6. The summed E-state index contributed by atoms with van der Waals surface area (Å²) >= 11 is 0. The van der Waals surface area contributed by atoms with Crippen LogP contribution in [0, 0.1) is 17.3 Å². The van der Waals surface area contributed by atoms with Gasteiger partial charge in [0.15, 0.2) is 6.61 Å². The Bertz CT molecular complexity index is 587. The molecule has 0 N–H and O–H groups in total. The molecule has 0 aromatic carbocycles. The van der Waals surface area contributed by atoms with Gasteiger partial charge in [-0.25, -0.2) is 4.79 Å². The number of allylic oxidation sites excluding steroid dienone is 5. The van der Waals surface area contributed by atoms with Crippen LogP contribution in [0.3, 0.4) is 0 Å². The Morgan fingerprint density at radius 2 is 1.96 bits per heavy atom. The van der Waals surface area contributed by atoms with Gasteiger partial charge in [0.1, 0.15) is 11.9 Å². The molecule has 0 aromatic rings. The van der Waals surface area contributed by atoms with E-state index in [4.69, 9.17) is 9.47 Å². The molecule has 0 spiro atoms. The molecule has 138 valence electrons. The normalized spacial score (nSPS) is 22.7. The molecule has 0 heterocycles. The average molecular weight is 344 g/mol. The Morgan fingerprint density at radius 1 is 1.20 bits per heavy atom. The fourth-order valence-electron chi connectivity index (χ4n) is 3.11. The first-order chi connectivity index (χ1) is 11.8. The molecule has 0 fully saturated rings. The molecule has 0 bridgehead atoms. The summed E-state index contributed by atoms with van der Waals surface area (Å²) in [5.41, 5.74) is 1.35. The summed E-state index contributed by atoms with van der Waals surface area (Å²) in [6.07, 6.45) is 15.3. The van der Waals surface area contributed by atoms with E-state index in [9.17, 15) is 4.79 Å². The van der Waals surface area contributed by atoms with Crippen LogP contribution in [0.25, 0.3) is 0 Å². The molecule has 3 nitrogen and oxygen atoms in total. The Hall–Kier alpha value is -1.77. The average Bonchev–Trinajstić information content (AvgIpc) is 2.59. The highest BCUT2D eigenvalue weighted by Gasteiger charge is 2.27. The zero-order valence-electron chi connectivity index (χ0n) is 16.2. The van der Waals surface area contributed by atoms with Crippen LogP contribution in [0.5, 0.6) is 0 Å². The number of ether oxygens (including phenoxy) is 2. The second-order valence-corrected chi connectivity index (χ2v) is 8.12. The lowest BCUT2D eigenvalue weighted by Gasteiger charge is -2.33. The van der Waals surface area contributed by atoms with Crippen LogP contribution in [0.15, 0.2) is 47.8 Å². The van der Waals surface area contributed by atoms with E-state index in [1.807, 2.05) is 19.1 Å². The van der Waals surface area contributed by atoms with Gasteiger partial charge in [-0.1, -0.05) is 52.0 Å². The highest BCUT2D eigenvalue weighted by molar-refractivity contribution is 5.71. The van der Waals surface area contributed by atoms with Gasteiger partial charge in [-0.2, -0.15) is 0 Å². The van der Waals surface area contributed by atoms with Crippen molar-refractivity contribution in [2.75, 3.05) is 6.61 Å². The molecule has 25 heavy (non-hydrogen) atoms. The van der Waals surface area contributed by atoms with Crippen molar-refractivity contribution >= 4 is 5.97 Å². The van der Waals surface area contributed by atoms with Crippen molar-refractivity contribution in [2.45, 2.75) is 60.0 Å². The number of carbonyl (C=O) groups is 1. The molecule has 0 aromatic heterocycles. The molecule has 3 heteroatoms. The predicted molar refractivity (Wildman–Crippen MR) is 102 cm³/mol. The Morgan fingerprint density at radius 3 is 2.52 bits per heavy atom. The molecule has 2 aliphatic rings. The first-order valence-corrected chi connectivity index (χ1v) is 9.34. The molecule has 3 unspecified atom stereocenters. The van der Waals surface area contributed by atoms with Crippen LogP contribution in [-0.4, -0.2) is 18.7 Å². The highest BCUT2D eigenvalue weighted by Crippen LogP contribution is 2.36. The second kappa shape index (κ2) is 8.55. The summed E-state index contributed by atoms with van der Waals surface area (Å²) in [5.74, 6) is 1.54. The van der Waals surface area contributed by atoms with Crippen molar-refractivity contribution in [3.63, 3.8) is 0 Å². The lowest BCUT2D eigenvalue weighted by Crippen LogP contribution is -2.25. The van der Waals surface area contributed by atoms with E-state index in [0.29, 0.717) is 11.8 Å². The van der Waals surface area contributed by atoms with Gasteiger partial charge in [-0.3, -0.25) is 0 Å². The molecular formula is C22H32O3. The monoisotopic (exact) mass is 344 g/mol. The van der Waals surface area contributed by atoms with Crippen LogP contribution in [0.4, 0.5) is 0 Å². The zero-order chi connectivity index (χ0) is 18.4. The maximum Gasteiger partial charge on any atom is 0.344 e. The SMILES string of the molecule is CC(OC(=O)COC1=CCC(C(C)C(C)(C)C)C=C1)C1=CCCC=C1. The second-order valence-electron chi connectivity index (χ2n) is 8.12. The molecular weight excluding hydrogens is 312 g/mol. The van der Waals surface area contributed by atoms with E-state index < -0.39 is 0 Å². The van der Waals surface area contributed by atoms with E-state index in [0.717, 1.165) is 30.6 Å². The topological polar surface area (TPSA) is 35.5 Å². The summed E-state index contributed by atoms with van der Waals surface area (Å²) < 4.78 is 11.1. The Labute approximate surface area is 152 Å². The third-order valence-electron chi connectivity index (χ3n) is 5.27. The van der Waals surface area contributed by atoms with Crippen LogP contribution in [0.2, 0.25) is 0 Å².